The first-order valence-electron chi connectivity index (χ1n) is 5.26. The van der Waals surface area contributed by atoms with Crippen LogP contribution in [-0.4, -0.2) is 29.4 Å². The molecule has 1 aromatic carbocycles. The number of aliphatic hydroxyl groups excluding tert-OH is 2. The number of methoxy groups -OCH3 is 1. The van der Waals surface area contributed by atoms with Gasteiger partial charge in [0.25, 0.3) is 0 Å². The summed E-state index contributed by atoms with van der Waals surface area (Å²) in [6, 6.07) is 2.02. The van der Waals surface area contributed by atoms with Crippen LogP contribution in [0.3, 0.4) is 0 Å². The Hall–Kier alpha value is -1.53. The Labute approximate surface area is 103 Å². The first-order chi connectivity index (χ1) is 8.38. The number of aliphatic hydroxyl groups is 2. The van der Waals surface area contributed by atoms with Crippen LogP contribution in [0.4, 0.5) is 8.78 Å². The van der Waals surface area contributed by atoms with Crippen molar-refractivity contribution in [3.8, 4) is 0 Å². The molecule has 0 aliphatic heterocycles. The third-order valence-electron chi connectivity index (χ3n) is 2.67. The average Bonchev–Trinajstić information content (AvgIpc) is 2.35. The van der Waals surface area contributed by atoms with Crippen LogP contribution in [0.5, 0.6) is 0 Å². The van der Waals surface area contributed by atoms with E-state index in [1.807, 2.05) is 0 Å². The molecule has 100 valence electrons. The second kappa shape index (κ2) is 5.88. The van der Waals surface area contributed by atoms with E-state index < -0.39 is 36.2 Å². The van der Waals surface area contributed by atoms with Crippen LogP contribution in [0.25, 0.3) is 0 Å². The van der Waals surface area contributed by atoms with Crippen LogP contribution < -0.4 is 0 Å². The Kier molecular flexibility index (Phi) is 4.75. The Morgan fingerprint density at radius 1 is 1.39 bits per heavy atom. The summed E-state index contributed by atoms with van der Waals surface area (Å²) in [4.78, 5) is 10.9. The Balaban J connectivity index is 2.93. The zero-order chi connectivity index (χ0) is 13.9. The van der Waals surface area contributed by atoms with Gasteiger partial charge in [-0.05, 0) is 24.1 Å². The molecule has 2 atom stereocenters. The maximum absolute atomic E-state index is 13.3. The van der Waals surface area contributed by atoms with Crippen LogP contribution in [0.1, 0.15) is 23.7 Å². The summed E-state index contributed by atoms with van der Waals surface area (Å²) in [5.41, 5.74) is -0.0725. The molecule has 0 aromatic heterocycles. The first kappa shape index (κ1) is 14.5. The lowest BCUT2D eigenvalue weighted by molar-refractivity contribution is -0.144. The standard InChI is InChI=1S/C12H14F2O4/c1-6-7(3-4-8(13)11(6)14)12(17)9(15)5-10(16)18-2/h3-4,9,12,15,17H,5H2,1-2H3. The van der Waals surface area contributed by atoms with Gasteiger partial charge in [0.15, 0.2) is 11.6 Å². The number of esters is 1. The second-order valence-electron chi connectivity index (χ2n) is 3.87. The zero-order valence-corrected chi connectivity index (χ0v) is 9.98. The number of hydrogen-bond acceptors (Lipinski definition) is 4. The van der Waals surface area contributed by atoms with Crippen molar-refractivity contribution in [2.75, 3.05) is 7.11 Å². The summed E-state index contributed by atoms with van der Waals surface area (Å²) in [6.07, 6.45) is -3.36. The fraction of sp³-hybridized carbons (Fsp3) is 0.417. The van der Waals surface area contributed by atoms with Crippen molar-refractivity contribution < 1.29 is 28.5 Å². The van der Waals surface area contributed by atoms with E-state index in [1.54, 1.807) is 0 Å². The molecule has 1 rings (SSSR count). The fourth-order valence-electron chi connectivity index (χ4n) is 1.56. The lowest BCUT2D eigenvalue weighted by Gasteiger charge is -2.19. The minimum Gasteiger partial charge on any atom is -0.469 e. The minimum atomic E-state index is -1.49. The summed E-state index contributed by atoms with van der Waals surface area (Å²) < 4.78 is 30.5. The van der Waals surface area contributed by atoms with E-state index in [9.17, 15) is 23.8 Å². The highest BCUT2D eigenvalue weighted by molar-refractivity contribution is 5.69. The SMILES string of the molecule is COC(=O)CC(O)C(O)c1ccc(F)c(F)c1C. The van der Waals surface area contributed by atoms with Gasteiger partial charge >= 0.3 is 5.97 Å². The Morgan fingerprint density at radius 3 is 2.56 bits per heavy atom. The molecule has 6 heteroatoms. The van der Waals surface area contributed by atoms with E-state index in [-0.39, 0.29) is 11.1 Å². The van der Waals surface area contributed by atoms with Gasteiger partial charge in [-0.3, -0.25) is 4.79 Å². The topological polar surface area (TPSA) is 66.8 Å². The quantitative estimate of drug-likeness (QED) is 0.799. The van der Waals surface area contributed by atoms with Gasteiger partial charge in [0.2, 0.25) is 0 Å². The maximum Gasteiger partial charge on any atom is 0.308 e. The monoisotopic (exact) mass is 260 g/mol. The van der Waals surface area contributed by atoms with Crippen LogP contribution in [0, 0.1) is 18.6 Å². The van der Waals surface area contributed by atoms with Gasteiger partial charge in [-0.1, -0.05) is 6.07 Å². The van der Waals surface area contributed by atoms with Crippen molar-refractivity contribution in [2.24, 2.45) is 0 Å². The second-order valence-corrected chi connectivity index (χ2v) is 3.87. The van der Waals surface area contributed by atoms with Gasteiger partial charge in [-0.15, -0.1) is 0 Å². The molecule has 0 bridgehead atoms. The summed E-state index contributed by atoms with van der Waals surface area (Å²) in [6.45, 7) is 1.28. The van der Waals surface area contributed by atoms with Gasteiger partial charge in [-0.25, -0.2) is 8.78 Å². The molecule has 0 fully saturated rings. The molecule has 4 nitrogen and oxygen atoms in total. The van der Waals surface area contributed by atoms with Crippen LogP contribution >= 0.6 is 0 Å². The molecular weight excluding hydrogens is 246 g/mol. The van der Waals surface area contributed by atoms with E-state index in [1.165, 1.54) is 13.0 Å². The molecule has 0 saturated carbocycles. The maximum atomic E-state index is 13.3. The Morgan fingerprint density at radius 2 is 2.00 bits per heavy atom. The smallest absolute Gasteiger partial charge is 0.308 e. The lowest BCUT2D eigenvalue weighted by Crippen LogP contribution is -2.23. The van der Waals surface area contributed by atoms with Crippen LogP contribution in [0.2, 0.25) is 0 Å². The molecule has 0 aliphatic rings. The number of carbonyl (C=O) groups excluding carboxylic acids is 1. The number of carbonyl (C=O) groups is 1. The molecule has 0 spiro atoms. The minimum absolute atomic E-state index is 0.0327. The van der Waals surface area contributed by atoms with E-state index in [0.717, 1.165) is 13.2 Å². The molecular formula is C12H14F2O4. The predicted octanol–water partition coefficient (Wildman–Crippen LogP) is 1.23. The number of ether oxygens (including phenoxy) is 1. The lowest BCUT2D eigenvalue weighted by atomic mass is 9.97. The van der Waals surface area contributed by atoms with Crippen molar-refractivity contribution in [3.63, 3.8) is 0 Å². The Bertz CT molecular complexity index is 448. The number of benzene rings is 1. The van der Waals surface area contributed by atoms with E-state index >= 15 is 0 Å². The van der Waals surface area contributed by atoms with Crippen LogP contribution in [-0.2, 0) is 9.53 Å². The zero-order valence-electron chi connectivity index (χ0n) is 9.98. The third kappa shape index (κ3) is 3.02. The van der Waals surface area contributed by atoms with Gasteiger partial charge in [0, 0.05) is 0 Å². The average molecular weight is 260 g/mol. The number of hydrogen-bond donors (Lipinski definition) is 2. The van der Waals surface area contributed by atoms with Crippen molar-refractivity contribution in [3.05, 3.63) is 34.9 Å². The molecule has 2 N–H and O–H groups in total. The molecule has 0 saturated heterocycles. The number of rotatable bonds is 4. The molecule has 0 radical (unpaired) electrons. The van der Waals surface area contributed by atoms with E-state index in [0.29, 0.717) is 0 Å². The molecule has 0 aliphatic carbocycles. The number of halogens is 2. The van der Waals surface area contributed by atoms with Gasteiger partial charge in [-0.2, -0.15) is 0 Å². The highest BCUT2D eigenvalue weighted by atomic mass is 19.2. The summed E-state index contributed by atoms with van der Waals surface area (Å²) in [5, 5.41) is 19.4. The fourth-order valence-corrected chi connectivity index (χ4v) is 1.56. The molecule has 0 heterocycles. The third-order valence-corrected chi connectivity index (χ3v) is 2.67. The molecule has 0 amide bonds. The largest absolute Gasteiger partial charge is 0.469 e. The molecule has 2 unspecified atom stereocenters. The molecule has 18 heavy (non-hydrogen) atoms. The summed E-state index contributed by atoms with van der Waals surface area (Å²) in [7, 11) is 1.14. The van der Waals surface area contributed by atoms with E-state index in [4.69, 9.17) is 0 Å². The normalized spacial score (nSPS) is 14.1. The first-order valence-corrected chi connectivity index (χ1v) is 5.26. The van der Waals surface area contributed by atoms with Crippen LogP contribution in [0.15, 0.2) is 12.1 Å². The van der Waals surface area contributed by atoms with Gasteiger partial charge < -0.3 is 14.9 Å². The van der Waals surface area contributed by atoms with Crippen molar-refractivity contribution in [2.45, 2.75) is 25.6 Å². The highest BCUT2D eigenvalue weighted by Gasteiger charge is 2.24. The molecule has 1 aromatic rings. The predicted molar refractivity (Wildman–Crippen MR) is 58.7 cm³/mol. The van der Waals surface area contributed by atoms with Crippen molar-refractivity contribution in [1.29, 1.82) is 0 Å². The van der Waals surface area contributed by atoms with Gasteiger partial charge in [0.05, 0.1) is 19.6 Å². The van der Waals surface area contributed by atoms with Crippen molar-refractivity contribution in [1.82, 2.24) is 0 Å². The van der Waals surface area contributed by atoms with Gasteiger partial charge in [0.1, 0.15) is 6.10 Å². The van der Waals surface area contributed by atoms with E-state index in [2.05, 4.69) is 4.74 Å². The summed E-state index contributed by atoms with van der Waals surface area (Å²) in [5.74, 6) is -2.83. The summed E-state index contributed by atoms with van der Waals surface area (Å²) >= 11 is 0. The highest BCUT2D eigenvalue weighted by Crippen LogP contribution is 2.25. The van der Waals surface area contributed by atoms with Crippen molar-refractivity contribution >= 4 is 5.97 Å².